The summed E-state index contributed by atoms with van der Waals surface area (Å²) in [4.78, 5) is 23.0. The number of aromatic nitrogens is 3. The molecule has 0 unspecified atom stereocenters. The minimum absolute atomic E-state index is 0.0267. The molecule has 0 aliphatic carbocycles. The molecule has 2 aromatic rings. The van der Waals surface area contributed by atoms with Crippen molar-refractivity contribution in [2.45, 2.75) is 19.8 Å². The van der Waals surface area contributed by atoms with Crippen molar-refractivity contribution in [1.82, 2.24) is 15.0 Å². The van der Waals surface area contributed by atoms with E-state index >= 15 is 0 Å². The number of aromatic carboxylic acids is 1. The van der Waals surface area contributed by atoms with E-state index in [4.69, 9.17) is 5.11 Å². The Hall–Kier alpha value is -2.02. The number of anilines is 2. The molecule has 0 atom stereocenters. The average Bonchev–Trinajstić information content (AvgIpc) is 2.78. The monoisotopic (exact) mass is 264 g/mol. The third-order valence-electron chi connectivity index (χ3n) is 2.28. The van der Waals surface area contributed by atoms with Gasteiger partial charge in [-0.25, -0.2) is 19.7 Å². The molecule has 0 saturated heterocycles. The molecule has 18 heavy (non-hydrogen) atoms. The molecule has 6 nitrogen and oxygen atoms in total. The lowest BCUT2D eigenvalue weighted by Gasteiger charge is -2.04. The van der Waals surface area contributed by atoms with Crippen molar-refractivity contribution in [3.05, 3.63) is 29.2 Å². The van der Waals surface area contributed by atoms with E-state index < -0.39 is 5.97 Å². The Labute approximate surface area is 108 Å². The van der Waals surface area contributed by atoms with Crippen molar-refractivity contribution >= 4 is 28.3 Å². The maximum absolute atomic E-state index is 11.0. The molecule has 0 amide bonds. The number of rotatable bonds is 4. The molecule has 2 N–H and O–H groups in total. The summed E-state index contributed by atoms with van der Waals surface area (Å²) in [5, 5.41) is 14.5. The number of hydrogen-bond acceptors (Lipinski definition) is 6. The lowest BCUT2D eigenvalue weighted by molar-refractivity contribution is 0.0697. The number of nitrogens with one attached hydrogen (secondary N) is 1. The Morgan fingerprint density at radius 3 is 2.89 bits per heavy atom. The van der Waals surface area contributed by atoms with Crippen LogP contribution < -0.4 is 5.32 Å². The van der Waals surface area contributed by atoms with Gasteiger partial charge in [0.25, 0.3) is 0 Å². The predicted octanol–water partition coefficient (Wildman–Crippen LogP) is 2.50. The van der Waals surface area contributed by atoms with Crippen LogP contribution >= 0.6 is 11.3 Å². The molecule has 0 saturated carbocycles. The van der Waals surface area contributed by atoms with Crippen LogP contribution in [0, 0.1) is 0 Å². The normalized spacial score (nSPS) is 10.6. The summed E-state index contributed by atoms with van der Waals surface area (Å²) in [5.74, 6) is -0.484. The molecule has 0 aromatic carbocycles. The number of carbonyl (C=O) groups is 1. The minimum atomic E-state index is -1.07. The topological polar surface area (TPSA) is 88.0 Å². The van der Waals surface area contributed by atoms with Crippen LogP contribution in [-0.2, 0) is 0 Å². The highest BCUT2D eigenvalue weighted by Crippen LogP contribution is 2.24. The van der Waals surface area contributed by atoms with Gasteiger partial charge in [0.15, 0.2) is 5.13 Å². The van der Waals surface area contributed by atoms with Crippen LogP contribution in [0.25, 0.3) is 0 Å². The zero-order valence-corrected chi connectivity index (χ0v) is 10.7. The van der Waals surface area contributed by atoms with Gasteiger partial charge < -0.3 is 10.4 Å². The summed E-state index contributed by atoms with van der Waals surface area (Å²) in [6.45, 7) is 4.10. The highest BCUT2D eigenvalue weighted by atomic mass is 32.1. The SMILES string of the molecule is CC(C)c1csc(Nc2ncncc2C(=O)O)n1. The number of nitrogens with zero attached hydrogens (tertiary/aromatic N) is 3. The molecule has 0 bridgehead atoms. The van der Waals surface area contributed by atoms with Crippen LogP contribution in [0.5, 0.6) is 0 Å². The van der Waals surface area contributed by atoms with E-state index in [1.807, 2.05) is 19.2 Å². The van der Waals surface area contributed by atoms with Crippen LogP contribution in [0.15, 0.2) is 17.9 Å². The standard InChI is InChI=1S/C11H12N4O2S/c1-6(2)8-4-18-11(14-8)15-9-7(10(16)17)3-12-5-13-9/h3-6H,1-2H3,(H,16,17)(H,12,13,14,15). The van der Waals surface area contributed by atoms with Crippen LogP contribution in [0.3, 0.4) is 0 Å². The quantitative estimate of drug-likeness (QED) is 0.882. The highest BCUT2D eigenvalue weighted by molar-refractivity contribution is 7.13. The van der Waals surface area contributed by atoms with Crippen LogP contribution in [-0.4, -0.2) is 26.0 Å². The fourth-order valence-corrected chi connectivity index (χ4v) is 2.17. The Bertz CT molecular complexity index is 568. The number of hydrogen-bond donors (Lipinski definition) is 2. The molecule has 7 heteroatoms. The second-order valence-electron chi connectivity index (χ2n) is 3.95. The van der Waals surface area contributed by atoms with Crippen molar-refractivity contribution in [2.24, 2.45) is 0 Å². The highest BCUT2D eigenvalue weighted by Gasteiger charge is 2.13. The molecule has 2 aromatic heterocycles. The molecule has 0 aliphatic rings. The average molecular weight is 264 g/mol. The number of thiazole rings is 1. The molecule has 0 aliphatic heterocycles. The first-order valence-electron chi connectivity index (χ1n) is 5.33. The fraction of sp³-hybridized carbons (Fsp3) is 0.273. The Morgan fingerprint density at radius 1 is 1.50 bits per heavy atom. The van der Waals surface area contributed by atoms with Gasteiger partial charge >= 0.3 is 5.97 Å². The molecule has 94 valence electrons. The van der Waals surface area contributed by atoms with Crippen LogP contribution in [0.1, 0.15) is 35.8 Å². The zero-order chi connectivity index (χ0) is 13.1. The Morgan fingerprint density at radius 2 is 2.28 bits per heavy atom. The van der Waals surface area contributed by atoms with Crippen LogP contribution in [0.2, 0.25) is 0 Å². The fourth-order valence-electron chi connectivity index (χ4n) is 1.30. The van der Waals surface area contributed by atoms with Crippen LogP contribution in [0.4, 0.5) is 10.9 Å². The summed E-state index contributed by atoms with van der Waals surface area (Å²) in [7, 11) is 0. The van der Waals surface area contributed by atoms with Gasteiger partial charge in [-0.3, -0.25) is 0 Å². The van der Waals surface area contributed by atoms with Crippen molar-refractivity contribution in [3.63, 3.8) is 0 Å². The van der Waals surface area contributed by atoms with Gasteiger partial charge in [-0.05, 0) is 5.92 Å². The van der Waals surface area contributed by atoms with E-state index in [0.717, 1.165) is 5.69 Å². The van der Waals surface area contributed by atoms with E-state index in [1.165, 1.54) is 23.9 Å². The largest absolute Gasteiger partial charge is 0.477 e. The third kappa shape index (κ3) is 2.62. The summed E-state index contributed by atoms with van der Waals surface area (Å²) < 4.78 is 0. The van der Waals surface area contributed by atoms with Gasteiger partial charge in [0.05, 0.1) is 5.69 Å². The van der Waals surface area contributed by atoms with E-state index in [9.17, 15) is 4.79 Å². The molecule has 0 spiro atoms. The van der Waals surface area contributed by atoms with Crippen molar-refractivity contribution in [2.75, 3.05) is 5.32 Å². The lowest BCUT2D eigenvalue weighted by Crippen LogP contribution is -2.05. The maximum atomic E-state index is 11.0. The smallest absolute Gasteiger partial charge is 0.341 e. The first-order valence-corrected chi connectivity index (χ1v) is 6.21. The Balaban J connectivity index is 2.25. The summed E-state index contributed by atoms with van der Waals surface area (Å²) in [6.07, 6.45) is 2.56. The minimum Gasteiger partial charge on any atom is -0.477 e. The number of carboxylic acid groups (broad SMARTS) is 1. The third-order valence-corrected chi connectivity index (χ3v) is 3.06. The maximum Gasteiger partial charge on any atom is 0.341 e. The van der Waals surface area contributed by atoms with E-state index in [1.54, 1.807) is 0 Å². The van der Waals surface area contributed by atoms with Gasteiger partial charge in [-0.2, -0.15) is 0 Å². The predicted molar refractivity (Wildman–Crippen MR) is 68.5 cm³/mol. The molecular formula is C11H12N4O2S. The number of carboxylic acids is 1. The molecular weight excluding hydrogens is 252 g/mol. The Kier molecular flexibility index (Phi) is 3.52. The second-order valence-corrected chi connectivity index (χ2v) is 4.81. The first-order chi connectivity index (χ1) is 8.58. The first kappa shape index (κ1) is 12.4. The summed E-state index contributed by atoms with van der Waals surface area (Å²) in [5.41, 5.74) is 0.993. The van der Waals surface area contributed by atoms with Crippen molar-refractivity contribution < 1.29 is 9.90 Å². The van der Waals surface area contributed by atoms with Gasteiger partial charge in [0.2, 0.25) is 0 Å². The van der Waals surface area contributed by atoms with Gasteiger partial charge in [-0.15, -0.1) is 11.3 Å². The molecule has 0 fully saturated rings. The molecule has 2 heterocycles. The van der Waals surface area contributed by atoms with Gasteiger partial charge in [0, 0.05) is 11.6 Å². The molecule has 0 radical (unpaired) electrons. The molecule has 2 rings (SSSR count). The summed E-state index contributed by atoms with van der Waals surface area (Å²) in [6, 6.07) is 0. The van der Waals surface area contributed by atoms with E-state index in [-0.39, 0.29) is 11.4 Å². The van der Waals surface area contributed by atoms with E-state index in [0.29, 0.717) is 11.0 Å². The summed E-state index contributed by atoms with van der Waals surface area (Å²) >= 11 is 1.42. The van der Waals surface area contributed by atoms with Gasteiger partial charge in [0.1, 0.15) is 17.7 Å². The van der Waals surface area contributed by atoms with E-state index in [2.05, 4.69) is 20.3 Å². The van der Waals surface area contributed by atoms with Crippen molar-refractivity contribution in [1.29, 1.82) is 0 Å². The second kappa shape index (κ2) is 5.09. The zero-order valence-electron chi connectivity index (χ0n) is 9.91. The van der Waals surface area contributed by atoms with Gasteiger partial charge in [-0.1, -0.05) is 13.8 Å². The lowest BCUT2D eigenvalue weighted by atomic mass is 10.2. The van der Waals surface area contributed by atoms with Crippen molar-refractivity contribution in [3.8, 4) is 0 Å².